The fraction of sp³-hybridized carbons (Fsp3) is 0.600. The molecule has 2 fully saturated rings. The summed E-state index contributed by atoms with van der Waals surface area (Å²) in [5.74, 6) is -0.371. The molecule has 0 aliphatic carbocycles. The smallest absolute Gasteiger partial charge is 0.410 e. The Kier molecular flexibility index (Phi) is 4.95. The predicted molar refractivity (Wildman–Crippen MR) is 94.9 cm³/mol. The third kappa shape index (κ3) is 4.00. The molecule has 1 aromatic rings. The molecular weight excluding hydrogens is 337 g/mol. The van der Waals surface area contributed by atoms with E-state index in [2.05, 4.69) is 0 Å². The lowest BCUT2D eigenvalue weighted by atomic mass is 10.00. The van der Waals surface area contributed by atoms with Gasteiger partial charge in [-0.05, 0) is 58.7 Å². The second-order valence-corrected chi connectivity index (χ2v) is 8.18. The first-order valence-electron chi connectivity index (χ1n) is 9.12. The van der Waals surface area contributed by atoms with Crippen LogP contribution in [-0.2, 0) is 4.74 Å². The molecule has 1 amide bonds. The zero-order valence-corrected chi connectivity index (χ0v) is 15.8. The molecule has 6 heteroatoms. The Labute approximate surface area is 153 Å². The van der Waals surface area contributed by atoms with Crippen molar-refractivity contribution in [1.82, 2.24) is 4.90 Å². The first-order valence-corrected chi connectivity index (χ1v) is 9.12. The van der Waals surface area contributed by atoms with Crippen molar-refractivity contribution < 1.29 is 23.5 Å². The van der Waals surface area contributed by atoms with Gasteiger partial charge in [-0.15, -0.1) is 0 Å². The van der Waals surface area contributed by atoms with Gasteiger partial charge >= 0.3 is 6.09 Å². The van der Waals surface area contributed by atoms with Crippen LogP contribution < -0.4 is 4.74 Å². The van der Waals surface area contributed by atoms with Crippen molar-refractivity contribution in [3.63, 3.8) is 0 Å². The van der Waals surface area contributed by atoms with E-state index in [1.54, 1.807) is 6.07 Å². The standard InChI is InChI=1S/C20H26FNO4/c1-12(23)17-11-15(7-8-18(17)21)25-16-9-13-5-6-14(10-16)22(13)19(24)26-20(2,3)4/h7-8,11,13-14,16H,5-6,9-10H2,1-4H3/t13-,14?,16?/m1/s1. The molecule has 3 atom stereocenters. The van der Waals surface area contributed by atoms with Crippen LogP contribution in [0.25, 0.3) is 0 Å². The minimum atomic E-state index is -0.537. The van der Waals surface area contributed by atoms with Crippen molar-refractivity contribution in [2.75, 3.05) is 0 Å². The van der Waals surface area contributed by atoms with Crippen molar-refractivity contribution in [3.8, 4) is 5.75 Å². The van der Waals surface area contributed by atoms with E-state index in [0.29, 0.717) is 18.6 Å². The molecule has 142 valence electrons. The number of fused-ring (bicyclic) bond motifs is 2. The van der Waals surface area contributed by atoms with Gasteiger partial charge in [0.25, 0.3) is 0 Å². The van der Waals surface area contributed by atoms with E-state index in [4.69, 9.17) is 9.47 Å². The number of amides is 1. The average Bonchev–Trinajstić information content (AvgIpc) is 2.79. The van der Waals surface area contributed by atoms with E-state index in [1.165, 1.54) is 19.1 Å². The Morgan fingerprint density at radius 3 is 2.31 bits per heavy atom. The number of ketones is 1. The van der Waals surface area contributed by atoms with Crippen LogP contribution in [0.2, 0.25) is 0 Å². The number of carbonyl (C=O) groups is 2. The fourth-order valence-electron chi connectivity index (χ4n) is 3.88. The van der Waals surface area contributed by atoms with E-state index in [0.717, 1.165) is 12.8 Å². The number of ether oxygens (including phenoxy) is 2. The summed E-state index contributed by atoms with van der Waals surface area (Å²) in [4.78, 5) is 25.8. The maximum Gasteiger partial charge on any atom is 0.410 e. The Morgan fingerprint density at radius 1 is 1.15 bits per heavy atom. The molecule has 2 unspecified atom stereocenters. The summed E-state index contributed by atoms with van der Waals surface area (Å²) in [6.07, 6.45) is 2.98. The Bertz CT molecular complexity index is 698. The van der Waals surface area contributed by atoms with Crippen LogP contribution in [0.15, 0.2) is 18.2 Å². The average molecular weight is 363 g/mol. The van der Waals surface area contributed by atoms with E-state index >= 15 is 0 Å². The molecule has 26 heavy (non-hydrogen) atoms. The highest BCUT2D eigenvalue weighted by atomic mass is 19.1. The van der Waals surface area contributed by atoms with Gasteiger partial charge in [-0.25, -0.2) is 9.18 Å². The molecule has 2 aliphatic rings. The number of Topliss-reactive ketones (excluding diaryl/α,β-unsaturated/α-hetero) is 1. The minimum Gasteiger partial charge on any atom is -0.490 e. The third-order valence-electron chi connectivity index (χ3n) is 4.91. The van der Waals surface area contributed by atoms with E-state index in [1.807, 2.05) is 25.7 Å². The van der Waals surface area contributed by atoms with Crippen LogP contribution in [0.5, 0.6) is 5.75 Å². The van der Waals surface area contributed by atoms with Crippen LogP contribution >= 0.6 is 0 Å². The van der Waals surface area contributed by atoms with Crippen LogP contribution in [0, 0.1) is 5.82 Å². The molecule has 1 aromatic carbocycles. The van der Waals surface area contributed by atoms with Gasteiger partial charge in [0, 0.05) is 24.9 Å². The highest BCUT2D eigenvalue weighted by Crippen LogP contribution is 2.38. The van der Waals surface area contributed by atoms with Crippen molar-refractivity contribution in [2.24, 2.45) is 0 Å². The lowest BCUT2D eigenvalue weighted by Crippen LogP contribution is -2.50. The lowest BCUT2D eigenvalue weighted by molar-refractivity contribution is -0.00711. The quantitative estimate of drug-likeness (QED) is 0.750. The van der Waals surface area contributed by atoms with Crippen molar-refractivity contribution >= 4 is 11.9 Å². The third-order valence-corrected chi connectivity index (χ3v) is 4.91. The summed E-state index contributed by atoms with van der Waals surface area (Å²) in [6, 6.07) is 4.46. The number of nitrogens with zero attached hydrogens (tertiary/aromatic N) is 1. The first-order chi connectivity index (χ1) is 12.1. The number of halogens is 1. The monoisotopic (exact) mass is 363 g/mol. The molecule has 0 spiro atoms. The molecule has 2 heterocycles. The molecular formula is C20H26FNO4. The Morgan fingerprint density at radius 2 is 1.77 bits per heavy atom. The number of hydrogen-bond acceptors (Lipinski definition) is 4. The van der Waals surface area contributed by atoms with Crippen molar-refractivity contribution in [1.29, 1.82) is 0 Å². The lowest BCUT2D eigenvalue weighted by Gasteiger charge is -2.39. The molecule has 3 rings (SSSR count). The number of rotatable bonds is 3. The zero-order valence-electron chi connectivity index (χ0n) is 15.8. The van der Waals surface area contributed by atoms with Gasteiger partial charge in [-0.1, -0.05) is 0 Å². The SMILES string of the molecule is CC(=O)c1cc(OC2CC3CC[C@H](C2)N3C(=O)OC(C)(C)C)ccc1F. The van der Waals surface area contributed by atoms with Crippen LogP contribution in [-0.4, -0.2) is 40.6 Å². The maximum atomic E-state index is 13.7. The van der Waals surface area contributed by atoms with Gasteiger partial charge < -0.3 is 14.4 Å². The van der Waals surface area contributed by atoms with Gasteiger partial charge in [0.1, 0.15) is 23.3 Å². The van der Waals surface area contributed by atoms with Crippen molar-refractivity contribution in [3.05, 3.63) is 29.6 Å². The number of piperidine rings is 1. The number of carbonyl (C=O) groups excluding carboxylic acids is 2. The maximum absolute atomic E-state index is 13.7. The highest BCUT2D eigenvalue weighted by Gasteiger charge is 2.45. The topological polar surface area (TPSA) is 55.8 Å². The Hall–Kier alpha value is -2.11. The molecule has 0 N–H and O–H groups in total. The molecule has 0 saturated carbocycles. The zero-order chi connectivity index (χ0) is 19.1. The summed E-state index contributed by atoms with van der Waals surface area (Å²) < 4.78 is 25.2. The molecule has 5 nitrogen and oxygen atoms in total. The molecule has 0 radical (unpaired) electrons. The van der Waals surface area contributed by atoms with Crippen LogP contribution in [0.4, 0.5) is 9.18 Å². The minimum absolute atomic E-state index is 0.0386. The molecule has 2 saturated heterocycles. The fourth-order valence-corrected chi connectivity index (χ4v) is 3.88. The summed E-state index contributed by atoms with van der Waals surface area (Å²) in [5.41, 5.74) is -0.474. The van der Waals surface area contributed by atoms with Gasteiger partial charge in [-0.2, -0.15) is 0 Å². The summed E-state index contributed by atoms with van der Waals surface area (Å²) in [5, 5.41) is 0. The van der Waals surface area contributed by atoms with Gasteiger partial charge in [0.05, 0.1) is 5.56 Å². The molecule has 2 bridgehead atoms. The second kappa shape index (κ2) is 6.89. The summed E-state index contributed by atoms with van der Waals surface area (Å²) >= 11 is 0. The highest BCUT2D eigenvalue weighted by molar-refractivity contribution is 5.94. The van der Waals surface area contributed by atoms with Gasteiger partial charge in [-0.3, -0.25) is 4.79 Å². The first kappa shape index (κ1) is 18.7. The largest absolute Gasteiger partial charge is 0.490 e. The van der Waals surface area contributed by atoms with Crippen LogP contribution in [0.1, 0.15) is 63.7 Å². The molecule has 2 aliphatic heterocycles. The van der Waals surface area contributed by atoms with Gasteiger partial charge in [0.2, 0.25) is 0 Å². The summed E-state index contributed by atoms with van der Waals surface area (Å²) in [6.45, 7) is 6.93. The second-order valence-electron chi connectivity index (χ2n) is 8.18. The van der Waals surface area contributed by atoms with Crippen molar-refractivity contribution in [2.45, 2.75) is 77.2 Å². The van der Waals surface area contributed by atoms with Crippen LogP contribution in [0.3, 0.4) is 0 Å². The number of hydrogen-bond donors (Lipinski definition) is 0. The predicted octanol–water partition coefficient (Wildman–Crippen LogP) is 4.34. The number of benzene rings is 1. The van der Waals surface area contributed by atoms with E-state index in [9.17, 15) is 14.0 Å². The Balaban J connectivity index is 1.67. The summed E-state index contributed by atoms with van der Waals surface area (Å²) in [7, 11) is 0. The van der Waals surface area contributed by atoms with E-state index < -0.39 is 11.4 Å². The molecule has 0 aromatic heterocycles. The van der Waals surface area contributed by atoms with Gasteiger partial charge in [0.15, 0.2) is 5.78 Å². The normalized spacial score (nSPS) is 25.1. The van der Waals surface area contributed by atoms with E-state index in [-0.39, 0.29) is 35.6 Å².